The predicted molar refractivity (Wildman–Crippen MR) is 118 cm³/mol. The van der Waals surface area contributed by atoms with Crippen molar-refractivity contribution in [1.82, 2.24) is 14.8 Å². The number of hydrogen-bond acceptors (Lipinski definition) is 2. The van der Waals surface area contributed by atoms with Gasteiger partial charge in [0.05, 0.1) is 6.54 Å². The summed E-state index contributed by atoms with van der Waals surface area (Å²) in [4.78, 5) is 26.6. The third-order valence-electron chi connectivity index (χ3n) is 5.45. The fourth-order valence-corrected chi connectivity index (χ4v) is 3.89. The molecule has 0 radical (unpaired) electrons. The van der Waals surface area contributed by atoms with Gasteiger partial charge in [-0.1, -0.05) is 47.5 Å². The van der Waals surface area contributed by atoms with Crippen molar-refractivity contribution >= 4 is 18.0 Å². The predicted octanol–water partition coefficient (Wildman–Crippen LogP) is 4.80. The van der Waals surface area contributed by atoms with E-state index in [0.29, 0.717) is 5.70 Å². The number of benzene rings is 2. The van der Waals surface area contributed by atoms with Crippen LogP contribution in [-0.2, 0) is 11.3 Å². The number of urea groups is 1. The summed E-state index contributed by atoms with van der Waals surface area (Å²) in [6.45, 7) is 8.36. The normalized spacial score (nSPS) is 15.2. The highest BCUT2D eigenvalue weighted by Gasteiger charge is 2.33. The number of nitrogens with one attached hydrogen (secondary N) is 1. The van der Waals surface area contributed by atoms with Crippen LogP contribution in [0.2, 0.25) is 0 Å². The molecule has 0 atom stereocenters. The van der Waals surface area contributed by atoms with E-state index in [4.69, 9.17) is 0 Å². The van der Waals surface area contributed by atoms with Gasteiger partial charge in [-0.25, -0.2) is 4.79 Å². The van der Waals surface area contributed by atoms with Gasteiger partial charge >= 0.3 is 6.03 Å². The molecule has 0 bridgehead atoms. The Morgan fingerprint density at radius 3 is 2.33 bits per heavy atom. The molecule has 1 aromatic heterocycles. The average Bonchev–Trinajstić information content (AvgIpc) is 3.13. The van der Waals surface area contributed by atoms with Gasteiger partial charge in [-0.05, 0) is 63.1 Å². The Balaban J connectivity index is 1.62. The van der Waals surface area contributed by atoms with Crippen molar-refractivity contribution in [3.63, 3.8) is 0 Å². The maximum absolute atomic E-state index is 12.9. The number of hydrogen-bond donors (Lipinski definition) is 1. The number of carbonyl (C=O) groups excluding carboxylic acids is 2. The molecule has 0 aliphatic carbocycles. The summed E-state index contributed by atoms with van der Waals surface area (Å²) >= 11 is 0. The van der Waals surface area contributed by atoms with Gasteiger partial charge in [-0.15, -0.1) is 0 Å². The molecule has 152 valence electrons. The summed E-state index contributed by atoms with van der Waals surface area (Å²) in [5, 5.41) is 2.73. The number of carbonyl (C=O) groups is 2. The zero-order valence-electron chi connectivity index (χ0n) is 17.7. The van der Waals surface area contributed by atoms with Gasteiger partial charge in [-0.2, -0.15) is 0 Å². The molecule has 2 aromatic carbocycles. The smallest absolute Gasteiger partial charge is 0.318 e. The second kappa shape index (κ2) is 7.67. The Labute approximate surface area is 176 Å². The minimum Gasteiger partial charge on any atom is -0.318 e. The molecule has 3 aromatic rings. The van der Waals surface area contributed by atoms with Crippen molar-refractivity contribution in [2.24, 2.45) is 0 Å². The fraction of sp³-hybridized carbons (Fsp3) is 0.200. The topological polar surface area (TPSA) is 54.3 Å². The van der Waals surface area contributed by atoms with Crippen LogP contribution in [0.3, 0.4) is 0 Å². The molecular weight excluding hydrogens is 374 g/mol. The first kappa shape index (κ1) is 19.7. The van der Waals surface area contributed by atoms with Crippen LogP contribution in [0.5, 0.6) is 0 Å². The number of aromatic nitrogens is 1. The van der Waals surface area contributed by atoms with Crippen molar-refractivity contribution in [2.75, 3.05) is 0 Å². The lowest BCUT2D eigenvalue weighted by atomic mass is 10.1. The Morgan fingerprint density at radius 2 is 1.63 bits per heavy atom. The molecule has 1 saturated heterocycles. The van der Waals surface area contributed by atoms with Crippen LogP contribution < -0.4 is 5.32 Å². The highest BCUT2D eigenvalue weighted by atomic mass is 16.2. The van der Waals surface area contributed by atoms with Crippen LogP contribution in [0.1, 0.15) is 33.6 Å². The van der Waals surface area contributed by atoms with Gasteiger partial charge in [0, 0.05) is 17.1 Å². The highest BCUT2D eigenvalue weighted by Crippen LogP contribution is 2.24. The minimum atomic E-state index is -0.389. The molecule has 3 amide bonds. The van der Waals surface area contributed by atoms with Crippen molar-refractivity contribution in [2.45, 2.75) is 34.2 Å². The van der Waals surface area contributed by atoms with Crippen LogP contribution in [0.15, 0.2) is 60.3 Å². The van der Waals surface area contributed by atoms with E-state index in [1.807, 2.05) is 51.1 Å². The van der Waals surface area contributed by atoms with Gasteiger partial charge in [0.2, 0.25) is 0 Å². The number of rotatable bonds is 4. The summed E-state index contributed by atoms with van der Waals surface area (Å²) in [6.07, 6.45) is 1.77. The van der Waals surface area contributed by atoms with E-state index in [1.54, 1.807) is 6.08 Å². The molecule has 1 fully saturated rings. The summed E-state index contributed by atoms with van der Waals surface area (Å²) in [5.41, 5.74) is 7.60. The third-order valence-corrected chi connectivity index (χ3v) is 5.45. The number of aryl methyl sites for hydroxylation is 3. The molecule has 1 aliphatic heterocycles. The molecule has 5 heteroatoms. The number of nitrogens with zero attached hydrogens (tertiary/aromatic N) is 2. The van der Waals surface area contributed by atoms with E-state index in [0.717, 1.165) is 33.8 Å². The molecule has 4 rings (SSSR count). The second-order valence-electron chi connectivity index (χ2n) is 7.87. The van der Waals surface area contributed by atoms with E-state index in [1.165, 1.54) is 10.5 Å². The summed E-state index contributed by atoms with van der Waals surface area (Å²) in [5.74, 6) is -0.304. The standard InChI is InChI=1S/C25H25N3O2/c1-16-8-10-22(11-9-16)28-18(3)13-21(19(28)4)14-23-24(29)27(25(30)26-23)15-20-7-5-6-17(2)12-20/h5-14H,15H2,1-4H3,(H,26,30)/b23-14-. The number of amides is 3. The first-order chi connectivity index (χ1) is 14.3. The van der Waals surface area contributed by atoms with Gasteiger partial charge in [0.15, 0.2) is 0 Å². The third kappa shape index (κ3) is 3.66. The highest BCUT2D eigenvalue weighted by molar-refractivity contribution is 6.14. The Hall–Kier alpha value is -3.60. The van der Waals surface area contributed by atoms with Crippen molar-refractivity contribution in [3.05, 3.63) is 93.9 Å². The van der Waals surface area contributed by atoms with Crippen LogP contribution in [0.4, 0.5) is 4.79 Å². The molecule has 1 aliphatic rings. The average molecular weight is 399 g/mol. The molecule has 0 spiro atoms. The number of imide groups is 1. The van der Waals surface area contributed by atoms with Gasteiger partial charge < -0.3 is 9.88 Å². The van der Waals surface area contributed by atoms with Gasteiger partial charge in [0.1, 0.15) is 5.70 Å². The van der Waals surface area contributed by atoms with E-state index < -0.39 is 0 Å². The lowest BCUT2D eigenvalue weighted by Gasteiger charge is -2.12. The van der Waals surface area contributed by atoms with Crippen LogP contribution in [0, 0.1) is 27.7 Å². The lowest BCUT2D eigenvalue weighted by Crippen LogP contribution is -2.30. The Morgan fingerprint density at radius 1 is 0.900 bits per heavy atom. The van der Waals surface area contributed by atoms with Crippen molar-refractivity contribution in [3.8, 4) is 5.69 Å². The second-order valence-corrected chi connectivity index (χ2v) is 7.87. The van der Waals surface area contributed by atoms with Crippen LogP contribution in [-0.4, -0.2) is 21.4 Å². The zero-order valence-corrected chi connectivity index (χ0v) is 17.7. The quantitative estimate of drug-likeness (QED) is 0.506. The minimum absolute atomic E-state index is 0.256. The van der Waals surface area contributed by atoms with Crippen molar-refractivity contribution in [1.29, 1.82) is 0 Å². The zero-order chi connectivity index (χ0) is 21.4. The maximum atomic E-state index is 12.9. The fourth-order valence-electron chi connectivity index (χ4n) is 3.89. The Kier molecular flexibility index (Phi) is 5.04. The first-order valence-electron chi connectivity index (χ1n) is 9.99. The molecule has 5 nitrogen and oxygen atoms in total. The van der Waals surface area contributed by atoms with Crippen LogP contribution in [0.25, 0.3) is 11.8 Å². The molecule has 2 heterocycles. The molecule has 0 saturated carbocycles. The molecule has 30 heavy (non-hydrogen) atoms. The SMILES string of the molecule is Cc1ccc(-n2c(C)cc(/C=C3\NC(=O)N(Cc4cccc(C)c4)C3=O)c2C)cc1. The summed E-state index contributed by atoms with van der Waals surface area (Å²) < 4.78 is 2.15. The van der Waals surface area contributed by atoms with E-state index in [9.17, 15) is 9.59 Å². The van der Waals surface area contributed by atoms with Crippen LogP contribution >= 0.6 is 0 Å². The van der Waals surface area contributed by atoms with E-state index >= 15 is 0 Å². The summed E-state index contributed by atoms with van der Waals surface area (Å²) in [6, 6.07) is 17.8. The van der Waals surface area contributed by atoms with Gasteiger partial charge in [0.25, 0.3) is 5.91 Å². The van der Waals surface area contributed by atoms with Crippen molar-refractivity contribution < 1.29 is 9.59 Å². The molecule has 0 unspecified atom stereocenters. The Bertz CT molecular complexity index is 1170. The summed E-state index contributed by atoms with van der Waals surface area (Å²) in [7, 11) is 0. The largest absolute Gasteiger partial charge is 0.329 e. The van der Waals surface area contributed by atoms with E-state index in [2.05, 4.69) is 41.1 Å². The molecular formula is C25H25N3O2. The lowest BCUT2D eigenvalue weighted by molar-refractivity contribution is -0.123. The molecule has 1 N–H and O–H groups in total. The van der Waals surface area contributed by atoms with Gasteiger partial charge in [-0.3, -0.25) is 9.69 Å². The monoisotopic (exact) mass is 399 g/mol. The maximum Gasteiger partial charge on any atom is 0.329 e. The first-order valence-corrected chi connectivity index (χ1v) is 9.99. The van der Waals surface area contributed by atoms with E-state index in [-0.39, 0.29) is 18.5 Å².